The normalized spacial score (nSPS) is 22.3. The lowest BCUT2D eigenvalue weighted by atomic mass is 10.0. The first kappa shape index (κ1) is 27.5. The summed E-state index contributed by atoms with van der Waals surface area (Å²) in [7, 11) is 0. The minimum atomic E-state index is -4.70. The van der Waals surface area contributed by atoms with E-state index in [9.17, 15) is 32.7 Å². The fourth-order valence-electron chi connectivity index (χ4n) is 4.29. The number of carbonyl (C=O) groups is 3. The van der Waals surface area contributed by atoms with Gasteiger partial charge >= 0.3 is 12.1 Å². The van der Waals surface area contributed by atoms with E-state index in [4.69, 9.17) is 0 Å². The molecule has 1 saturated carbocycles. The van der Waals surface area contributed by atoms with Crippen molar-refractivity contribution in [2.45, 2.75) is 60.6 Å². The van der Waals surface area contributed by atoms with Crippen LogP contribution in [0.15, 0.2) is 20.1 Å². The number of aliphatic carboxylic acids is 1. The number of nitrogens with one attached hydrogen (secondary N) is 1. The van der Waals surface area contributed by atoms with E-state index < -0.39 is 47.1 Å². The first-order valence-electron chi connectivity index (χ1n) is 11.4. The number of hydrogen-bond acceptors (Lipinski definition) is 9. The molecule has 0 aromatic carbocycles. The van der Waals surface area contributed by atoms with Crippen molar-refractivity contribution in [2.75, 3.05) is 11.5 Å². The largest absolute Gasteiger partial charge is 0.477 e. The number of carbonyl (C=O) groups excluding carboxylic acids is 2. The third-order valence-corrected chi connectivity index (χ3v) is 10.5. The van der Waals surface area contributed by atoms with Crippen molar-refractivity contribution in [1.29, 1.82) is 0 Å². The smallest absolute Gasteiger partial charge is 0.436 e. The predicted molar refractivity (Wildman–Crippen MR) is 137 cm³/mol. The summed E-state index contributed by atoms with van der Waals surface area (Å²) in [4.78, 5) is 39.3. The summed E-state index contributed by atoms with van der Waals surface area (Å²) < 4.78 is 42.0. The number of aromatic nitrogens is 4. The van der Waals surface area contributed by atoms with E-state index in [2.05, 4.69) is 36.5 Å². The van der Waals surface area contributed by atoms with Gasteiger partial charge in [0.1, 0.15) is 28.2 Å². The summed E-state index contributed by atoms with van der Waals surface area (Å²) in [6.07, 6.45) is -3.32. The highest BCUT2D eigenvalue weighted by molar-refractivity contribution is 9.10. The molecule has 0 unspecified atom stereocenters. The Hall–Kier alpha value is -2.11. The number of aryl methyl sites for hydroxylation is 1. The first-order valence-corrected chi connectivity index (χ1v) is 15.0. The Balaban J connectivity index is 1.31. The van der Waals surface area contributed by atoms with Crippen molar-refractivity contribution < 1.29 is 32.7 Å². The standard InChI is InChI=1S/C21H20BrF3N6O4S3/c1-7(31-13(9-3-4-9)11(22)15(29-31)21(23,24)25)16(32)26-12-17(33)30-14(19(34)35)10(5-36-18(12)30)6-37-20-28-27-8(2)38-20/h7,9,12,18H,3-6H2,1-2H3,(H,26,32)(H,34,35)/t7-,12-,18-/m1/s1. The van der Waals surface area contributed by atoms with E-state index in [1.807, 2.05) is 6.92 Å². The SMILES string of the molecule is Cc1nnc(SCC2=C(C(=O)O)N3C(=O)[C@@H](NC(=O)[C@@H](C)n4nc(C(F)(F)F)c(Br)c4C4CC4)[C@H]3SC2)s1. The van der Waals surface area contributed by atoms with E-state index in [-0.39, 0.29) is 16.1 Å². The third kappa shape index (κ3) is 4.97. The molecule has 0 bridgehead atoms. The highest BCUT2D eigenvalue weighted by atomic mass is 79.9. The maximum absolute atomic E-state index is 13.5. The molecule has 4 heterocycles. The van der Waals surface area contributed by atoms with E-state index in [0.29, 0.717) is 40.0 Å². The van der Waals surface area contributed by atoms with Crippen LogP contribution in [0.2, 0.25) is 0 Å². The summed E-state index contributed by atoms with van der Waals surface area (Å²) >= 11 is 7.05. The van der Waals surface area contributed by atoms with Crippen molar-refractivity contribution in [2.24, 2.45) is 0 Å². The third-order valence-electron chi connectivity index (χ3n) is 6.29. The Morgan fingerprint density at radius 1 is 1.32 bits per heavy atom. The van der Waals surface area contributed by atoms with Gasteiger partial charge in [-0.1, -0.05) is 23.1 Å². The molecule has 17 heteroatoms. The van der Waals surface area contributed by atoms with Gasteiger partial charge in [-0.25, -0.2) is 4.79 Å². The molecule has 2 fully saturated rings. The molecule has 2 aliphatic heterocycles. The first-order chi connectivity index (χ1) is 17.9. The van der Waals surface area contributed by atoms with Gasteiger partial charge in [0.2, 0.25) is 5.91 Å². The number of alkyl halides is 3. The number of rotatable bonds is 8. The van der Waals surface area contributed by atoms with Gasteiger partial charge in [0.15, 0.2) is 10.0 Å². The molecule has 0 radical (unpaired) electrons. The number of carboxylic acids is 1. The molecule has 10 nitrogen and oxygen atoms in total. The van der Waals surface area contributed by atoms with E-state index in [1.165, 1.54) is 41.8 Å². The average molecular weight is 654 g/mol. The minimum absolute atomic E-state index is 0.118. The van der Waals surface area contributed by atoms with E-state index in [0.717, 1.165) is 14.6 Å². The van der Waals surface area contributed by atoms with Gasteiger partial charge in [0, 0.05) is 17.4 Å². The summed E-state index contributed by atoms with van der Waals surface area (Å²) in [5.41, 5.74) is -0.360. The molecule has 3 atom stereocenters. The van der Waals surface area contributed by atoms with Crippen molar-refractivity contribution in [3.63, 3.8) is 0 Å². The van der Waals surface area contributed by atoms with Gasteiger partial charge in [-0.3, -0.25) is 19.2 Å². The molecule has 5 rings (SSSR count). The molecule has 204 valence electrons. The second kappa shape index (κ2) is 10.1. The molecular weight excluding hydrogens is 633 g/mol. The van der Waals surface area contributed by atoms with Gasteiger partial charge in [0.05, 0.1) is 10.2 Å². The number of halogens is 4. The topological polar surface area (TPSA) is 130 Å². The molecule has 2 aromatic rings. The van der Waals surface area contributed by atoms with Crippen LogP contribution >= 0.6 is 50.8 Å². The number of thioether (sulfide) groups is 2. The van der Waals surface area contributed by atoms with Crippen LogP contribution in [0.5, 0.6) is 0 Å². The van der Waals surface area contributed by atoms with Gasteiger partial charge in [-0.05, 0) is 48.2 Å². The van der Waals surface area contributed by atoms with Crippen molar-refractivity contribution in [3.8, 4) is 0 Å². The van der Waals surface area contributed by atoms with Gasteiger partial charge in [0.25, 0.3) is 5.91 Å². The molecule has 3 aliphatic rings. The number of fused-ring (bicyclic) bond motifs is 1. The molecule has 38 heavy (non-hydrogen) atoms. The van der Waals surface area contributed by atoms with Crippen LogP contribution < -0.4 is 5.32 Å². The molecule has 0 spiro atoms. The summed E-state index contributed by atoms with van der Waals surface area (Å²) in [6, 6.07) is -2.12. The fraction of sp³-hybridized carbons (Fsp3) is 0.524. The van der Waals surface area contributed by atoms with Crippen LogP contribution in [0.1, 0.15) is 48.1 Å². The van der Waals surface area contributed by atoms with Gasteiger partial charge in [-0.2, -0.15) is 18.3 Å². The zero-order valence-corrected chi connectivity index (χ0v) is 23.8. The Labute approximate surface area is 234 Å². The summed E-state index contributed by atoms with van der Waals surface area (Å²) in [6.45, 7) is 3.23. The molecular formula is C21H20BrF3N6O4S3. The lowest BCUT2D eigenvalue weighted by Gasteiger charge is -2.49. The number of amides is 2. The van der Waals surface area contributed by atoms with Gasteiger partial charge < -0.3 is 10.4 Å². The molecule has 2 N–H and O–H groups in total. The molecule has 2 aromatic heterocycles. The second-order valence-corrected chi connectivity index (χ2v) is 13.3. The Morgan fingerprint density at radius 2 is 2.03 bits per heavy atom. The number of β-lactam (4-membered cyclic amide) rings is 1. The summed E-state index contributed by atoms with van der Waals surface area (Å²) in [5, 5.41) is 24.2. The van der Waals surface area contributed by atoms with Crippen LogP contribution in [-0.2, 0) is 20.6 Å². The lowest BCUT2D eigenvalue weighted by Crippen LogP contribution is -2.71. The van der Waals surface area contributed by atoms with Crippen molar-refractivity contribution in [1.82, 2.24) is 30.2 Å². The molecule has 1 aliphatic carbocycles. The monoisotopic (exact) mass is 652 g/mol. The van der Waals surface area contributed by atoms with Crippen molar-refractivity contribution >= 4 is 68.6 Å². The van der Waals surface area contributed by atoms with Crippen LogP contribution in [0, 0.1) is 6.92 Å². The van der Waals surface area contributed by atoms with Crippen LogP contribution in [0.4, 0.5) is 13.2 Å². The zero-order valence-electron chi connectivity index (χ0n) is 19.8. The van der Waals surface area contributed by atoms with Crippen LogP contribution in [0.3, 0.4) is 0 Å². The number of nitrogens with zero attached hydrogens (tertiary/aromatic N) is 5. The molecule has 1 saturated heterocycles. The highest BCUT2D eigenvalue weighted by Crippen LogP contribution is 2.48. The van der Waals surface area contributed by atoms with Gasteiger partial charge in [-0.15, -0.1) is 22.0 Å². The Kier molecular flexibility index (Phi) is 7.32. The number of carboxylic acid groups (broad SMARTS) is 1. The zero-order chi connectivity index (χ0) is 27.5. The predicted octanol–water partition coefficient (Wildman–Crippen LogP) is 3.79. The highest BCUT2D eigenvalue weighted by Gasteiger charge is 2.54. The quantitative estimate of drug-likeness (QED) is 0.323. The maximum atomic E-state index is 13.5. The summed E-state index contributed by atoms with van der Waals surface area (Å²) in [5.74, 6) is -2.01. The molecule has 2 amide bonds. The maximum Gasteiger partial charge on any atom is 0.436 e. The van der Waals surface area contributed by atoms with Crippen LogP contribution in [0.25, 0.3) is 0 Å². The van der Waals surface area contributed by atoms with Crippen molar-refractivity contribution in [3.05, 3.63) is 32.1 Å². The number of hydrogen-bond donors (Lipinski definition) is 2. The fourth-order valence-corrected chi connectivity index (χ4v) is 8.40. The Bertz CT molecular complexity index is 1360. The van der Waals surface area contributed by atoms with Crippen LogP contribution in [-0.4, -0.2) is 70.7 Å². The van der Waals surface area contributed by atoms with E-state index in [1.54, 1.807) is 0 Å². The van der Waals surface area contributed by atoms with E-state index >= 15 is 0 Å². The minimum Gasteiger partial charge on any atom is -0.477 e. The average Bonchev–Trinajstić information content (AvgIpc) is 3.50. The second-order valence-electron chi connectivity index (χ2n) is 8.97. The Morgan fingerprint density at radius 3 is 2.61 bits per heavy atom. The lowest BCUT2D eigenvalue weighted by molar-refractivity contribution is -0.151.